The Balaban J connectivity index is 0.00000364. The number of rotatable bonds is 9. The molecule has 6 nitrogen and oxygen atoms in total. The van der Waals surface area contributed by atoms with Gasteiger partial charge < -0.3 is 25.2 Å². The largest absolute Gasteiger partial charge is 0.508 e. The van der Waals surface area contributed by atoms with Crippen molar-refractivity contribution in [1.82, 2.24) is 10.6 Å². The van der Waals surface area contributed by atoms with Gasteiger partial charge in [-0.25, -0.2) is 0 Å². The predicted octanol–water partition coefficient (Wildman–Crippen LogP) is 3.67. The van der Waals surface area contributed by atoms with Gasteiger partial charge in [0.2, 0.25) is 0 Å². The monoisotopic (exact) mass is 491 g/mol. The van der Waals surface area contributed by atoms with E-state index in [4.69, 9.17) is 9.47 Å². The van der Waals surface area contributed by atoms with Crippen LogP contribution in [0.4, 0.5) is 0 Å². The van der Waals surface area contributed by atoms with Crippen molar-refractivity contribution in [1.29, 1.82) is 0 Å². The van der Waals surface area contributed by atoms with Crippen molar-refractivity contribution < 1.29 is 14.6 Å². The molecule has 0 radical (unpaired) electrons. The molecule has 3 N–H and O–H groups in total. The summed E-state index contributed by atoms with van der Waals surface area (Å²) in [7, 11) is 3.38. The second-order valence-corrected chi connectivity index (χ2v) is 6.93. The van der Waals surface area contributed by atoms with Crippen molar-refractivity contribution in [3.05, 3.63) is 23.8 Å². The van der Waals surface area contributed by atoms with E-state index in [1.165, 1.54) is 25.7 Å². The fraction of sp³-hybridized carbons (Fsp3) is 0.650. The Hall–Kier alpha value is -1.22. The van der Waals surface area contributed by atoms with Crippen LogP contribution in [0.25, 0.3) is 0 Å². The standard InChI is InChI=1S/C20H33N3O3.HI/c1-4-26-12-11-20(9-5-6-10-20)15-23-19(21-2)22-14-16-13-17(25-3)7-8-18(16)24;/h7-8,13,24H,4-6,9-12,14-15H2,1-3H3,(H2,21,22,23);1H. The van der Waals surface area contributed by atoms with E-state index in [2.05, 4.69) is 15.6 Å². The molecule has 0 saturated heterocycles. The molecule has 0 bridgehead atoms. The van der Waals surface area contributed by atoms with E-state index in [1.54, 1.807) is 26.3 Å². The Morgan fingerprint density at radius 2 is 2.00 bits per heavy atom. The number of nitrogens with zero attached hydrogens (tertiary/aromatic N) is 1. The van der Waals surface area contributed by atoms with Crippen LogP contribution in [0.5, 0.6) is 11.5 Å². The molecule has 27 heavy (non-hydrogen) atoms. The van der Waals surface area contributed by atoms with E-state index in [0.717, 1.165) is 43.5 Å². The molecule has 1 aliphatic rings. The van der Waals surface area contributed by atoms with Crippen LogP contribution in [0.3, 0.4) is 0 Å². The van der Waals surface area contributed by atoms with Crippen LogP contribution < -0.4 is 15.4 Å². The highest BCUT2D eigenvalue weighted by atomic mass is 127. The molecule has 2 rings (SSSR count). The molecule has 0 amide bonds. The summed E-state index contributed by atoms with van der Waals surface area (Å²) in [5.74, 6) is 1.72. The summed E-state index contributed by atoms with van der Waals surface area (Å²) in [6.07, 6.45) is 6.14. The first-order valence-electron chi connectivity index (χ1n) is 9.50. The average molecular weight is 491 g/mol. The number of hydrogen-bond acceptors (Lipinski definition) is 4. The summed E-state index contributed by atoms with van der Waals surface area (Å²) in [5.41, 5.74) is 1.07. The Morgan fingerprint density at radius 3 is 2.63 bits per heavy atom. The summed E-state index contributed by atoms with van der Waals surface area (Å²) in [6.45, 7) is 5.01. The molecule has 0 unspecified atom stereocenters. The lowest BCUT2D eigenvalue weighted by atomic mass is 9.83. The van der Waals surface area contributed by atoms with E-state index >= 15 is 0 Å². The van der Waals surface area contributed by atoms with Crippen molar-refractivity contribution in [2.24, 2.45) is 10.4 Å². The Morgan fingerprint density at radius 1 is 1.26 bits per heavy atom. The average Bonchev–Trinajstić information content (AvgIpc) is 3.12. The van der Waals surface area contributed by atoms with Gasteiger partial charge in [0, 0.05) is 38.9 Å². The SMILES string of the molecule is CCOCCC1(CNC(=NC)NCc2cc(OC)ccc2O)CCCC1.I. The van der Waals surface area contributed by atoms with Crippen LogP contribution in [0.2, 0.25) is 0 Å². The number of guanidine groups is 1. The van der Waals surface area contributed by atoms with Gasteiger partial charge in [-0.15, -0.1) is 24.0 Å². The van der Waals surface area contributed by atoms with Crippen LogP contribution in [-0.4, -0.2) is 45.0 Å². The molecule has 1 saturated carbocycles. The predicted molar refractivity (Wildman–Crippen MR) is 120 cm³/mol. The maximum Gasteiger partial charge on any atom is 0.191 e. The minimum absolute atomic E-state index is 0. The normalized spacial score (nSPS) is 15.9. The summed E-state index contributed by atoms with van der Waals surface area (Å²) in [5, 5.41) is 16.8. The maximum absolute atomic E-state index is 10.0. The zero-order valence-corrected chi connectivity index (χ0v) is 19.0. The van der Waals surface area contributed by atoms with Crippen molar-refractivity contribution in [3.8, 4) is 11.5 Å². The molecule has 7 heteroatoms. The van der Waals surface area contributed by atoms with Crippen molar-refractivity contribution in [2.75, 3.05) is 33.9 Å². The Kier molecular flexibility index (Phi) is 10.8. The minimum Gasteiger partial charge on any atom is -0.508 e. The first kappa shape index (κ1) is 23.8. The first-order valence-corrected chi connectivity index (χ1v) is 9.50. The number of hydrogen-bond donors (Lipinski definition) is 3. The number of benzene rings is 1. The molecule has 1 aromatic carbocycles. The van der Waals surface area contributed by atoms with E-state index < -0.39 is 0 Å². The number of aliphatic imine (C=N–C) groups is 1. The minimum atomic E-state index is 0. The molecule has 1 aromatic rings. The number of phenols is 1. The van der Waals surface area contributed by atoms with Crippen LogP contribution in [0.15, 0.2) is 23.2 Å². The van der Waals surface area contributed by atoms with Gasteiger partial charge in [0.1, 0.15) is 11.5 Å². The van der Waals surface area contributed by atoms with Crippen LogP contribution in [-0.2, 0) is 11.3 Å². The second-order valence-electron chi connectivity index (χ2n) is 6.93. The third-order valence-corrected chi connectivity index (χ3v) is 5.23. The van der Waals surface area contributed by atoms with Crippen molar-refractivity contribution >= 4 is 29.9 Å². The van der Waals surface area contributed by atoms with Crippen LogP contribution in [0.1, 0.15) is 44.6 Å². The quantitative estimate of drug-likeness (QED) is 0.213. The summed E-state index contributed by atoms with van der Waals surface area (Å²) >= 11 is 0. The number of nitrogens with one attached hydrogen (secondary N) is 2. The van der Waals surface area contributed by atoms with E-state index in [1.807, 2.05) is 13.0 Å². The van der Waals surface area contributed by atoms with E-state index in [0.29, 0.717) is 12.0 Å². The fourth-order valence-corrected chi connectivity index (χ4v) is 3.57. The molecule has 1 fully saturated rings. The summed E-state index contributed by atoms with van der Waals surface area (Å²) < 4.78 is 10.8. The third kappa shape index (κ3) is 7.37. The smallest absolute Gasteiger partial charge is 0.191 e. The highest BCUT2D eigenvalue weighted by molar-refractivity contribution is 14.0. The van der Waals surface area contributed by atoms with E-state index in [-0.39, 0.29) is 29.7 Å². The lowest BCUT2D eigenvalue weighted by Gasteiger charge is -2.30. The number of phenolic OH excluding ortho intramolecular Hbond substituents is 1. The lowest BCUT2D eigenvalue weighted by Crippen LogP contribution is -2.43. The van der Waals surface area contributed by atoms with Gasteiger partial charge in [0.25, 0.3) is 0 Å². The zero-order chi connectivity index (χ0) is 18.8. The van der Waals surface area contributed by atoms with E-state index in [9.17, 15) is 5.11 Å². The van der Waals surface area contributed by atoms with Gasteiger partial charge in [-0.05, 0) is 49.8 Å². The Bertz CT molecular complexity index is 590. The van der Waals surface area contributed by atoms with Crippen molar-refractivity contribution in [2.45, 2.75) is 45.6 Å². The van der Waals surface area contributed by atoms with Gasteiger partial charge in [0.05, 0.1) is 7.11 Å². The lowest BCUT2D eigenvalue weighted by molar-refractivity contribution is 0.105. The molecule has 1 aliphatic carbocycles. The van der Waals surface area contributed by atoms with Gasteiger partial charge >= 0.3 is 0 Å². The molecule has 154 valence electrons. The zero-order valence-electron chi connectivity index (χ0n) is 16.7. The van der Waals surface area contributed by atoms with Gasteiger partial charge in [-0.1, -0.05) is 12.8 Å². The van der Waals surface area contributed by atoms with Crippen LogP contribution in [0, 0.1) is 5.41 Å². The second kappa shape index (κ2) is 12.3. The highest BCUT2D eigenvalue weighted by Gasteiger charge is 2.33. The molecule has 0 heterocycles. The molecule has 0 aromatic heterocycles. The molecule has 0 spiro atoms. The number of methoxy groups -OCH3 is 1. The number of ether oxygens (including phenoxy) is 2. The molecule has 0 aliphatic heterocycles. The fourth-order valence-electron chi connectivity index (χ4n) is 3.57. The number of halogens is 1. The van der Waals surface area contributed by atoms with Gasteiger partial charge in [0.15, 0.2) is 5.96 Å². The molecular formula is C20H34IN3O3. The number of aromatic hydroxyl groups is 1. The third-order valence-electron chi connectivity index (χ3n) is 5.23. The molecular weight excluding hydrogens is 457 g/mol. The highest BCUT2D eigenvalue weighted by Crippen LogP contribution is 2.40. The summed E-state index contributed by atoms with van der Waals surface area (Å²) in [4.78, 5) is 4.31. The van der Waals surface area contributed by atoms with Gasteiger partial charge in [-0.2, -0.15) is 0 Å². The summed E-state index contributed by atoms with van der Waals surface area (Å²) in [6, 6.07) is 5.22. The Labute approximate surface area is 180 Å². The molecule has 0 atom stereocenters. The van der Waals surface area contributed by atoms with Crippen molar-refractivity contribution in [3.63, 3.8) is 0 Å². The van der Waals surface area contributed by atoms with Crippen LogP contribution >= 0.6 is 24.0 Å². The van der Waals surface area contributed by atoms with Gasteiger partial charge in [-0.3, -0.25) is 4.99 Å². The maximum atomic E-state index is 10.0. The topological polar surface area (TPSA) is 75.1 Å². The first-order chi connectivity index (χ1) is 12.6.